The molecule has 9 heteroatoms. The second-order valence-corrected chi connectivity index (χ2v) is 9.32. The van der Waals surface area contributed by atoms with Gasteiger partial charge in [0.1, 0.15) is 17.2 Å². The van der Waals surface area contributed by atoms with E-state index in [1.807, 2.05) is 44.2 Å². The number of rotatable bonds is 9. The normalized spacial score (nSPS) is 12.9. The van der Waals surface area contributed by atoms with Gasteiger partial charge in [0.25, 0.3) is 0 Å². The molecule has 0 spiro atoms. The van der Waals surface area contributed by atoms with Crippen LogP contribution in [0.25, 0.3) is 33.4 Å². The third kappa shape index (κ3) is 5.64. The molecule has 0 bridgehead atoms. The van der Waals surface area contributed by atoms with E-state index in [0.717, 1.165) is 50.3 Å². The minimum atomic E-state index is -0.858. The smallest absolute Gasteiger partial charge is 0.222 e. The first-order valence-electron chi connectivity index (χ1n) is 12.4. The van der Waals surface area contributed by atoms with Crippen LogP contribution in [-0.2, 0) is 0 Å². The van der Waals surface area contributed by atoms with Gasteiger partial charge in [0.2, 0.25) is 5.95 Å². The van der Waals surface area contributed by atoms with E-state index in [1.54, 1.807) is 18.7 Å². The van der Waals surface area contributed by atoms with Crippen molar-refractivity contribution in [3.8, 4) is 22.4 Å². The number of hydrogen-bond acceptors (Lipinski definition) is 9. The summed E-state index contributed by atoms with van der Waals surface area (Å²) in [5, 5.41) is 25.9. The van der Waals surface area contributed by atoms with Gasteiger partial charge in [0, 0.05) is 47.6 Å². The van der Waals surface area contributed by atoms with Crippen LogP contribution in [0.2, 0.25) is 0 Å². The molecule has 3 heterocycles. The Balaban J connectivity index is 1.33. The first-order chi connectivity index (χ1) is 18.4. The first kappa shape index (κ1) is 25.3. The Kier molecular flexibility index (Phi) is 7.30. The Bertz CT molecular complexity index is 1550. The molecular formula is C29H30N6O3. The molecule has 0 saturated heterocycles. The molecule has 194 valence electrons. The molecule has 3 aromatic heterocycles. The van der Waals surface area contributed by atoms with Gasteiger partial charge >= 0.3 is 0 Å². The predicted octanol–water partition coefficient (Wildman–Crippen LogP) is 4.90. The van der Waals surface area contributed by atoms with E-state index in [4.69, 9.17) is 9.52 Å². The average molecular weight is 511 g/mol. The molecular weight excluding hydrogens is 480 g/mol. The lowest BCUT2D eigenvalue weighted by Crippen LogP contribution is -2.23. The molecule has 38 heavy (non-hydrogen) atoms. The fourth-order valence-corrected chi connectivity index (χ4v) is 4.24. The van der Waals surface area contributed by atoms with Crippen molar-refractivity contribution in [3.63, 3.8) is 0 Å². The SMILES string of the molecule is Cc1nc(N[C@@H](C)c2cccc(-c3cnc(NC[C@H](O)CO)nc3)c2)cc(-c2ccc3occ(C)c3c2)n1. The van der Waals surface area contributed by atoms with Crippen molar-refractivity contribution < 1.29 is 14.6 Å². The van der Waals surface area contributed by atoms with E-state index >= 15 is 0 Å². The van der Waals surface area contributed by atoms with Crippen LogP contribution in [0.5, 0.6) is 0 Å². The van der Waals surface area contributed by atoms with Crippen LogP contribution in [0.3, 0.4) is 0 Å². The number of aromatic nitrogens is 4. The van der Waals surface area contributed by atoms with E-state index in [-0.39, 0.29) is 19.2 Å². The Morgan fingerprint density at radius 3 is 2.55 bits per heavy atom. The van der Waals surface area contributed by atoms with Crippen LogP contribution in [0.4, 0.5) is 11.8 Å². The maximum atomic E-state index is 9.48. The summed E-state index contributed by atoms with van der Waals surface area (Å²) >= 11 is 0. The van der Waals surface area contributed by atoms with E-state index in [1.165, 1.54) is 0 Å². The first-order valence-corrected chi connectivity index (χ1v) is 12.4. The maximum absolute atomic E-state index is 9.48. The molecule has 0 fully saturated rings. The number of aliphatic hydroxyl groups excluding tert-OH is 2. The van der Waals surface area contributed by atoms with Crippen LogP contribution in [-0.4, -0.2) is 49.4 Å². The fourth-order valence-electron chi connectivity index (χ4n) is 4.24. The Morgan fingerprint density at radius 1 is 0.947 bits per heavy atom. The number of aliphatic hydroxyl groups is 2. The van der Waals surface area contributed by atoms with Gasteiger partial charge in [-0.05, 0) is 61.7 Å². The van der Waals surface area contributed by atoms with Gasteiger partial charge < -0.3 is 25.3 Å². The highest BCUT2D eigenvalue weighted by molar-refractivity contribution is 5.85. The molecule has 0 aliphatic rings. The summed E-state index contributed by atoms with van der Waals surface area (Å²) < 4.78 is 5.59. The Labute approximate surface area is 220 Å². The number of fused-ring (bicyclic) bond motifs is 1. The van der Waals surface area contributed by atoms with Gasteiger partial charge in [-0.1, -0.05) is 18.2 Å². The van der Waals surface area contributed by atoms with Crippen molar-refractivity contribution in [2.24, 2.45) is 0 Å². The van der Waals surface area contributed by atoms with Crippen LogP contribution in [0.1, 0.15) is 29.9 Å². The second kappa shape index (κ2) is 11.0. The lowest BCUT2D eigenvalue weighted by molar-refractivity contribution is 0.105. The average Bonchev–Trinajstić information content (AvgIpc) is 3.31. The van der Waals surface area contributed by atoms with E-state index in [2.05, 4.69) is 55.7 Å². The third-order valence-electron chi connectivity index (χ3n) is 6.34. The van der Waals surface area contributed by atoms with E-state index in [0.29, 0.717) is 11.8 Å². The molecule has 0 unspecified atom stereocenters. The standard InChI is InChI=1S/C29H30N6O3/c1-17-16-38-27-8-7-22(10-25(17)27)26-11-28(35-19(3)34-26)33-18(2)20-5-4-6-21(9-20)23-12-30-29(31-13-23)32-14-24(37)15-36/h4-13,16,18,24,36-37H,14-15H2,1-3H3,(H,30,31,32)(H,33,34,35)/t18-,24-/m0/s1. The summed E-state index contributed by atoms with van der Waals surface area (Å²) in [6.07, 6.45) is 4.38. The summed E-state index contributed by atoms with van der Waals surface area (Å²) in [5.74, 6) is 1.83. The highest BCUT2D eigenvalue weighted by atomic mass is 16.3. The second-order valence-electron chi connectivity index (χ2n) is 9.32. The van der Waals surface area contributed by atoms with Gasteiger partial charge in [-0.3, -0.25) is 0 Å². The van der Waals surface area contributed by atoms with Gasteiger partial charge in [-0.25, -0.2) is 19.9 Å². The number of aryl methyl sites for hydroxylation is 2. The highest BCUT2D eigenvalue weighted by Gasteiger charge is 2.12. The molecule has 0 radical (unpaired) electrons. The zero-order valence-corrected chi connectivity index (χ0v) is 21.5. The summed E-state index contributed by atoms with van der Waals surface area (Å²) in [6.45, 7) is 5.88. The molecule has 5 rings (SSSR count). The highest BCUT2D eigenvalue weighted by Crippen LogP contribution is 2.29. The number of furan rings is 1. The molecule has 0 amide bonds. The van der Waals surface area contributed by atoms with Crippen LogP contribution in [0, 0.1) is 13.8 Å². The number of hydrogen-bond donors (Lipinski definition) is 4. The summed E-state index contributed by atoms with van der Waals surface area (Å²) in [5.41, 5.74) is 6.76. The number of nitrogens with one attached hydrogen (secondary N) is 2. The van der Waals surface area contributed by atoms with Crippen molar-refractivity contribution >= 4 is 22.7 Å². The largest absolute Gasteiger partial charge is 0.464 e. The molecule has 2 atom stereocenters. The quantitative estimate of drug-likeness (QED) is 0.219. The van der Waals surface area contributed by atoms with Crippen LogP contribution < -0.4 is 10.6 Å². The van der Waals surface area contributed by atoms with Crippen molar-refractivity contribution in [3.05, 3.63) is 84.1 Å². The predicted molar refractivity (Wildman–Crippen MR) is 148 cm³/mol. The van der Waals surface area contributed by atoms with Crippen molar-refractivity contribution in [2.45, 2.75) is 32.9 Å². The molecule has 0 saturated carbocycles. The monoisotopic (exact) mass is 510 g/mol. The molecule has 0 aliphatic heterocycles. The number of nitrogens with zero attached hydrogens (tertiary/aromatic N) is 4. The van der Waals surface area contributed by atoms with Crippen molar-refractivity contribution in [1.82, 2.24) is 19.9 Å². The molecule has 2 aromatic carbocycles. The van der Waals surface area contributed by atoms with Gasteiger partial charge in [-0.2, -0.15) is 0 Å². The van der Waals surface area contributed by atoms with E-state index < -0.39 is 6.10 Å². The molecule has 9 nitrogen and oxygen atoms in total. The zero-order chi connectivity index (χ0) is 26.6. The number of benzene rings is 2. The molecule has 4 N–H and O–H groups in total. The summed E-state index contributed by atoms with van der Waals surface area (Å²) in [6, 6.07) is 16.2. The lowest BCUT2D eigenvalue weighted by Gasteiger charge is -2.17. The minimum absolute atomic E-state index is 0.0162. The van der Waals surface area contributed by atoms with Gasteiger partial charge in [0.15, 0.2) is 0 Å². The van der Waals surface area contributed by atoms with E-state index in [9.17, 15) is 5.11 Å². The Morgan fingerprint density at radius 2 is 1.76 bits per heavy atom. The molecule has 0 aliphatic carbocycles. The lowest BCUT2D eigenvalue weighted by atomic mass is 10.0. The molecule has 5 aromatic rings. The van der Waals surface area contributed by atoms with Gasteiger partial charge in [0.05, 0.1) is 24.7 Å². The number of anilines is 2. The fraction of sp³-hybridized carbons (Fsp3) is 0.241. The van der Waals surface area contributed by atoms with Crippen molar-refractivity contribution in [1.29, 1.82) is 0 Å². The maximum Gasteiger partial charge on any atom is 0.222 e. The summed E-state index contributed by atoms with van der Waals surface area (Å²) in [4.78, 5) is 17.9. The van der Waals surface area contributed by atoms with Crippen LogP contribution in [0.15, 0.2) is 71.6 Å². The zero-order valence-electron chi connectivity index (χ0n) is 21.5. The van der Waals surface area contributed by atoms with Gasteiger partial charge in [-0.15, -0.1) is 0 Å². The topological polar surface area (TPSA) is 129 Å². The van der Waals surface area contributed by atoms with Crippen molar-refractivity contribution in [2.75, 3.05) is 23.8 Å². The minimum Gasteiger partial charge on any atom is -0.464 e. The van der Waals surface area contributed by atoms with Crippen LogP contribution >= 0.6 is 0 Å². The third-order valence-corrected chi connectivity index (χ3v) is 6.34. The Hall–Kier alpha value is -4.34. The summed E-state index contributed by atoms with van der Waals surface area (Å²) in [7, 11) is 0.